The average Bonchev–Trinajstić information content (AvgIpc) is 3.16. The molecular weight excluding hydrogens is 330 g/mol. The van der Waals surface area contributed by atoms with Crippen LogP contribution in [0.5, 0.6) is 0 Å². The predicted molar refractivity (Wildman–Crippen MR) is 90.6 cm³/mol. The summed E-state index contributed by atoms with van der Waals surface area (Å²) in [5.41, 5.74) is 6.68. The molecule has 1 aromatic carbocycles. The molecular formula is C16H18ClN5O2. The van der Waals surface area contributed by atoms with Crippen molar-refractivity contribution in [1.29, 1.82) is 0 Å². The van der Waals surface area contributed by atoms with Crippen LogP contribution in [0, 0.1) is 0 Å². The van der Waals surface area contributed by atoms with E-state index in [0.717, 1.165) is 18.4 Å². The molecule has 8 heteroatoms. The van der Waals surface area contributed by atoms with Gasteiger partial charge in [0.1, 0.15) is 6.54 Å². The molecule has 7 nitrogen and oxygen atoms in total. The van der Waals surface area contributed by atoms with Crippen LogP contribution in [0.2, 0.25) is 5.02 Å². The Kier molecular flexibility index (Phi) is 4.71. The van der Waals surface area contributed by atoms with E-state index in [1.165, 1.54) is 10.9 Å². The van der Waals surface area contributed by atoms with Crippen molar-refractivity contribution in [3.05, 3.63) is 47.2 Å². The molecule has 2 heterocycles. The molecule has 0 saturated carbocycles. The van der Waals surface area contributed by atoms with Gasteiger partial charge < -0.3 is 16.0 Å². The second-order valence-corrected chi connectivity index (χ2v) is 6.17. The summed E-state index contributed by atoms with van der Waals surface area (Å²) >= 11 is 6.06. The van der Waals surface area contributed by atoms with E-state index >= 15 is 0 Å². The number of hydrogen-bond donors (Lipinski definition) is 2. The molecule has 1 aliphatic rings. The van der Waals surface area contributed by atoms with Crippen molar-refractivity contribution >= 4 is 29.2 Å². The largest absolute Gasteiger partial charge is 0.368 e. The fourth-order valence-electron chi connectivity index (χ4n) is 2.94. The van der Waals surface area contributed by atoms with Gasteiger partial charge in [-0.3, -0.25) is 9.48 Å². The van der Waals surface area contributed by atoms with E-state index < -0.39 is 5.91 Å². The van der Waals surface area contributed by atoms with Gasteiger partial charge in [0.15, 0.2) is 0 Å². The number of halogens is 1. The molecule has 0 spiro atoms. The Bertz CT molecular complexity index is 760. The summed E-state index contributed by atoms with van der Waals surface area (Å²) < 4.78 is 1.39. The lowest BCUT2D eigenvalue weighted by atomic mass is 10.1. The van der Waals surface area contributed by atoms with Gasteiger partial charge in [-0.1, -0.05) is 23.7 Å². The molecule has 3 N–H and O–H groups in total. The van der Waals surface area contributed by atoms with Crippen LogP contribution in [0.4, 0.5) is 10.5 Å². The van der Waals surface area contributed by atoms with Gasteiger partial charge in [-0.15, -0.1) is 0 Å². The number of primary amides is 1. The van der Waals surface area contributed by atoms with E-state index in [1.807, 2.05) is 24.3 Å². The molecule has 3 rings (SSSR count). The molecule has 126 valence electrons. The van der Waals surface area contributed by atoms with Crippen LogP contribution in [0.3, 0.4) is 0 Å². The lowest BCUT2D eigenvalue weighted by Crippen LogP contribution is -2.34. The van der Waals surface area contributed by atoms with Gasteiger partial charge in [-0.25, -0.2) is 4.79 Å². The number of nitrogens with two attached hydrogens (primary N) is 1. The molecule has 3 amide bonds. The Balaban J connectivity index is 1.69. The minimum absolute atomic E-state index is 0.00404. The van der Waals surface area contributed by atoms with Crippen LogP contribution in [0.25, 0.3) is 0 Å². The average molecular weight is 348 g/mol. The second-order valence-electron chi connectivity index (χ2n) is 5.73. The summed E-state index contributed by atoms with van der Waals surface area (Å²) in [7, 11) is 0. The van der Waals surface area contributed by atoms with E-state index in [4.69, 9.17) is 17.3 Å². The highest BCUT2D eigenvalue weighted by molar-refractivity contribution is 6.30. The third-order valence-electron chi connectivity index (χ3n) is 3.95. The third-order valence-corrected chi connectivity index (χ3v) is 4.18. The van der Waals surface area contributed by atoms with Crippen molar-refractivity contribution in [3.8, 4) is 0 Å². The lowest BCUT2D eigenvalue weighted by molar-refractivity contribution is -0.118. The molecule has 1 aromatic heterocycles. The normalized spacial score (nSPS) is 17.0. The summed E-state index contributed by atoms with van der Waals surface area (Å²) in [6, 6.07) is 7.38. The Morgan fingerprint density at radius 3 is 3.00 bits per heavy atom. The first kappa shape index (κ1) is 16.3. The zero-order valence-corrected chi connectivity index (χ0v) is 13.7. The predicted octanol–water partition coefficient (Wildman–Crippen LogP) is 2.39. The first-order chi connectivity index (χ1) is 11.5. The van der Waals surface area contributed by atoms with Gasteiger partial charge in [-0.05, 0) is 30.5 Å². The van der Waals surface area contributed by atoms with Gasteiger partial charge in [0.2, 0.25) is 5.91 Å². The number of likely N-dealkylation sites (tertiary alicyclic amines) is 1. The Morgan fingerprint density at radius 1 is 1.42 bits per heavy atom. The Hall–Kier alpha value is -2.54. The number of nitrogens with zero attached hydrogens (tertiary/aromatic N) is 3. The number of anilines is 1. The summed E-state index contributed by atoms with van der Waals surface area (Å²) in [5, 5.41) is 7.46. The maximum absolute atomic E-state index is 12.6. The third kappa shape index (κ3) is 3.68. The zero-order chi connectivity index (χ0) is 17.1. The van der Waals surface area contributed by atoms with Crippen LogP contribution in [-0.2, 0) is 11.3 Å². The number of urea groups is 1. The first-order valence-electron chi connectivity index (χ1n) is 7.67. The molecule has 1 fully saturated rings. The van der Waals surface area contributed by atoms with E-state index in [9.17, 15) is 9.59 Å². The summed E-state index contributed by atoms with van der Waals surface area (Å²) in [5.74, 6) is -0.489. The number of rotatable bonds is 4. The van der Waals surface area contributed by atoms with Crippen LogP contribution >= 0.6 is 11.6 Å². The number of aromatic nitrogens is 2. The van der Waals surface area contributed by atoms with Gasteiger partial charge in [0.05, 0.1) is 17.9 Å². The number of carbonyl (C=O) groups is 2. The fourth-order valence-corrected chi connectivity index (χ4v) is 3.14. The summed E-state index contributed by atoms with van der Waals surface area (Å²) in [6.45, 7) is 0.656. The minimum atomic E-state index is -0.489. The van der Waals surface area contributed by atoms with Crippen molar-refractivity contribution in [2.75, 3.05) is 11.9 Å². The highest BCUT2D eigenvalue weighted by Crippen LogP contribution is 2.33. The number of nitrogens with one attached hydrogen (secondary N) is 1. The molecule has 1 atom stereocenters. The van der Waals surface area contributed by atoms with Crippen molar-refractivity contribution in [2.24, 2.45) is 5.73 Å². The SMILES string of the molecule is NC(=O)Cn1cc(NC(=O)N2CCC[C@@H]2c2cccc(Cl)c2)cn1. The summed E-state index contributed by atoms with van der Waals surface area (Å²) in [4.78, 5) is 25.2. The smallest absolute Gasteiger partial charge is 0.322 e. The lowest BCUT2D eigenvalue weighted by Gasteiger charge is -2.25. The van der Waals surface area contributed by atoms with Gasteiger partial charge in [-0.2, -0.15) is 5.10 Å². The van der Waals surface area contributed by atoms with Gasteiger partial charge in [0.25, 0.3) is 0 Å². The fraction of sp³-hybridized carbons (Fsp3) is 0.312. The van der Waals surface area contributed by atoms with E-state index in [1.54, 1.807) is 11.1 Å². The minimum Gasteiger partial charge on any atom is -0.368 e. The maximum atomic E-state index is 12.6. The zero-order valence-electron chi connectivity index (χ0n) is 13.0. The van der Waals surface area contributed by atoms with Gasteiger partial charge in [0, 0.05) is 17.8 Å². The highest BCUT2D eigenvalue weighted by atomic mass is 35.5. The van der Waals surface area contributed by atoms with Gasteiger partial charge >= 0.3 is 6.03 Å². The molecule has 1 aliphatic heterocycles. The molecule has 1 saturated heterocycles. The van der Waals surface area contributed by atoms with Crippen LogP contribution < -0.4 is 11.1 Å². The van der Waals surface area contributed by atoms with Crippen LogP contribution in [0.15, 0.2) is 36.7 Å². The van der Waals surface area contributed by atoms with Crippen molar-refractivity contribution in [2.45, 2.75) is 25.4 Å². The first-order valence-corrected chi connectivity index (χ1v) is 8.04. The molecule has 0 radical (unpaired) electrons. The molecule has 24 heavy (non-hydrogen) atoms. The second kappa shape index (κ2) is 6.92. The molecule has 0 bridgehead atoms. The van der Waals surface area contributed by atoms with E-state index in [2.05, 4.69) is 10.4 Å². The Labute approximate surface area is 144 Å². The highest BCUT2D eigenvalue weighted by Gasteiger charge is 2.30. The van der Waals surface area contributed by atoms with E-state index in [-0.39, 0.29) is 18.6 Å². The number of amides is 3. The molecule has 0 unspecified atom stereocenters. The number of benzene rings is 1. The summed E-state index contributed by atoms with van der Waals surface area (Å²) in [6.07, 6.45) is 4.90. The van der Waals surface area contributed by atoms with Crippen molar-refractivity contribution < 1.29 is 9.59 Å². The molecule has 0 aliphatic carbocycles. The standard InChI is InChI=1S/C16H18ClN5O2/c17-12-4-1-3-11(7-12)14-5-2-6-22(14)16(24)20-13-8-19-21(9-13)10-15(18)23/h1,3-4,7-9,14H,2,5-6,10H2,(H2,18,23)(H,20,24)/t14-/m1/s1. The van der Waals surface area contributed by atoms with Crippen molar-refractivity contribution in [1.82, 2.24) is 14.7 Å². The number of carbonyl (C=O) groups excluding carboxylic acids is 2. The van der Waals surface area contributed by atoms with E-state index in [0.29, 0.717) is 17.3 Å². The maximum Gasteiger partial charge on any atom is 0.322 e. The molecule has 2 aromatic rings. The van der Waals surface area contributed by atoms with Crippen LogP contribution in [0.1, 0.15) is 24.4 Å². The van der Waals surface area contributed by atoms with Crippen molar-refractivity contribution in [3.63, 3.8) is 0 Å². The quantitative estimate of drug-likeness (QED) is 0.889. The number of hydrogen-bond acceptors (Lipinski definition) is 3. The Morgan fingerprint density at radius 2 is 2.25 bits per heavy atom. The monoisotopic (exact) mass is 347 g/mol. The topological polar surface area (TPSA) is 93.2 Å². The van der Waals surface area contributed by atoms with Crippen LogP contribution in [-0.4, -0.2) is 33.2 Å².